The van der Waals surface area contributed by atoms with Crippen LogP contribution in [0.2, 0.25) is 0 Å². The summed E-state index contributed by atoms with van der Waals surface area (Å²) < 4.78 is 8.74. The van der Waals surface area contributed by atoms with E-state index >= 15 is 0 Å². The minimum Gasteiger partial charge on any atom is -0.456 e. The number of ether oxygens (including phenoxy) is 1. The van der Waals surface area contributed by atoms with Gasteiger partial charge < -0.3 is 9.30 Å². The van der Waals surface area contributed by atoms with E-state index in [4.69, 9.17) is 4.74 Å². The second kappa shape index (κ2) is 8.08. The summed E-state index contributed by atoms with van der Waals surface area (Å²) >= 11 is 0. The lowest BCUT2D eigenvalue weighted by molar-refractivity contribution is 0.487. The van der Waals surface area contributed by atoms with Gasteiger partial charge in [0.2, 0.25) is 0 Å². The molecule has 1 aliphatic heterocycles. The summed E-state index contributed by atoms with van der Waals surface area (Å²) in [6.07, 6.45) is 0. The summed E-state index contributed by atoms with van der Waals surface area (Å²) in [5.41, 5.74) is 8.37. The molecule has 0 aliphatic carbocycles. The number of hydrogen-bond donors (Lipinski definition) is 0. The van der Waals surface area contributed by atoms with Crippen molar-refractivity contribution in [2.45, 2.75) is 0 Å². The molecule has 0 bridgehead atoms. The van der Waals surface area contributed by atoms with Gasteiger partial charge in [-0.05, 0) is 81.4 Å². The van der Waals surface area contributed by atoms with Crippen LogP contribution in [0.5, 0.6) is 11.5 Å². The topological polar surface area (TPSA) is 14.2 Å². The van der Waals surface area contributed by atoms with Crippen LogP contribution in [0.3, 0.4) is 0 Å². The van der Waals surface area contributed by atoms with Gasteiger partial charge in [0.05, 0.1) is 11.0 Å². The lowest BCUT2D eigenvalue weighted by atomic mass is 9.91. The number of fused-ring (bicyclic) bond motifs is 7. The second-order valence-electron chi connectivity index (χ2n) is 10.6. The fourth-order valence-electron chi connectivity index (χ4n) is 6.57. The van der Waals surface area contributed by atoms with Gasteiger partial charge in [0.25, 0.3) is 0 Å². The predicted octanol–water partition coefficient (Wildman–Crippen LogP) is 10.5. The fourth-order valence-corrected chi connectivity index (χ4v) is 6.57. The zero-order chi connectivity index (χ0) is 26.2. The summed E-state index contributed by atoms with van der Waals surface area (Å²) in [7, 11) is 0. The maximum absolute atomic E-state index is 6.36. The molecule has 0 N–H and O–H groups in total. The molecule has 1 aliphatic rings. The van der Waals surface area contributed by atoms with Crippen molar-refractivity contribution < 1.29 is 4.74 Å². The van der Waals surface area contributed by atoms with Gasteiger partial charge in [-0.15, -0.1) is 0 Å². The molecule has 0 fully saturated rings. The third kappa shape index (κ3) is 2.99. The van der Waals surface area contributed by atoms with Gasteiger partial charge >= 0.3 is 0 Å². The van der Waals surface area contributed by atoms with E-state index < -0.39 is 0 Å². The number of para-hydroxylation sites is 2. The standard InChI is InChI=1S/C38H23NO/c1-2-10-28(11-3-1)39-33-14-5-4-12-30(33)38-31-22-26(17-16-24(31)18-20-34(38)39)27-19-21-35-32(23-27)29-13-6-8-25-9-7-15-36(40-35)37(25)29/h1-23H. The molecule has 40 heavy (non-hydrogen) atoms. The highest BCUT2D eigenvalue weighted by Crippen LogP contribution is 2.47. The Labute approximate surface area is 231 Å². The molecule has 0 saturated carbocycles. The van der Waals surface area contributed by atoms with E-state index in [2.05, 4.69) is 144 Å². The van der Waals surface area contributed by atoms with Crippen LogP contribution in [0.4, 0.5) is 0 Å². The SMILES string of the molecule is c1ccc(-n2c3ccccc3c3c4cc(-c5ccc6c(c5)-c5cccc7cccc(c57)O6)ccc4ccc32)cc1. The molecule has 0 spiro atoms. The maximum Gasteiger partial charge on any atom is 0.135 e. The molecule has 2 heteroatoms. The molecule has 0 saturated heterocycles. The third-order valence-corrected chi connectivity index (χ3v) is 8.36. The first-order valence-electron chi connectivity index (χ1n) is 13.7. The van der Waals surface area contributed by atoms with Crippen molar-refractivity contribution in [3.05, 3.63) is 140 Å². The van der Waals surface area contributed by atoms with E-state index in [-0.39, 0.29) is 0 Å². The van der Waals surface area contributed by atoms with Crippen molar-refractivity contribution in [1.82, 2.24) is 4.57 Å². The molecule has 7 aromatic carbocycles. The molecule has 0 radical (unpaired) electrons. The highest BCUT2D eigenvalue weighted by molar-refractivity contribution is 6.21. The second-order valence-corrected chi connectivity index (χ2v) is 10.6. The summed E-state index contributed by atoms with van der Waals surface area (Å²) in [4.78, 5) is 0. The first kappa shape index (κ1) is 21.6. The number of hydrogen-bond acceptors (Lipinski definition) is 1. The van der Waals surface area contributed by atoms with Crippen molar-refractivity contribution in [3.8, 4) is 39.4 Å². The largest absolute Gasteiger partial charge is 0.456 e. The van der Waals surface area contributed by atoms with Gasteiger partial charge in [-0.25, -0.2) is 0 Å². The predicted molar refractivity (Wildman–Crippen MR) is 167 cm³/mol. The average molecular weight is 510 g/mol. The van der Waals surface area contributed by atoms with Gasteiger partial charge in [-0.2, -0.15) is 0 Å². The molecule has 0 amide bonds. The van der Waals surface area contributed by atoms with E-state index in [0.29, 0.717) is 0 Å². The monoisotopic (exact) mass is 509 g/mol. The van der Waals surface area contributed by atoms with Crippen LogP contribution in [-0.2, 0) is 0 Å². The summed E-state index contributed by atoms with van der Waals surface area (Å²) in [5, 5.41) is 7.46. The van der Waals surface area contributed by atoms with E-state index in [1.54, 1.807) is 0 Å². The Bertz CT molecular complexity index is 2290. The Morgan fingerprint density at radius 3 is 2.12 bits per heavy atom. The summed E-state index contributed by atoms with van der Waals surface area (Å²) in [6, 6.07) is 50.1. The van der Waals surface area contributed by atoms with Gasteiger partial charge in [-0.1, -0.05) is 91.0 Å². The van der Waals surface area contributed by atoms with Crippen LogP contribution in [0, 0.1) is 0 Å². The zero-order valence-electron chi connectivity index (χ0n) is 21.6. The van der Waals surface area contributed by atoms with Crippen molar-refractivity contribution >= 4 is 43.4 Å². The lowest BCUT2D eigenvalue weighted by Crippen LogP contribution is -1.97. The zero-order valence-corrected chi connectivity index (χ0v) is 21.6. The van der Waals surface area contributed by atoms with Crippen molar-refractivity contribution in [1.29, 1.82) is 0 Å². The Kier molecular flexibility index (Phi) is 4.36. The molecular formula is C38H23NO. The van der Waals surface area contributed by atoms with Crippen LogP contribution in [0.15, 0.2) is 140 Å². The van der Waals surface area contributed by atoms with Crippen molar-refractivity contribution in [3.63, 3.8) is 0 Å². The van der Waals surface area contributed by atoms with E-state index in [0.717, 1.165) is 17.1 Å². The van der Waals surface area contributed by atoms with E-state index in [1.165, 1.54) is 65.7 Å². The Balaban J connectivity index is 1.29. The van der Waals surface area contributed by atoms with Crippen molar-refractivity contribution in [2.24, 2.45) is 0 Å². The van der Waals surface area contributed by atoms with Crippen LogP contribution >= 0.6 is 0 Å². The smallest absolute Gasteiger partial charge is 0.135 e. The Morgan fingerprint density at radius 1 is 0.425 bits per heavy atom. The highest BCUT2D eigenvalue weighted by Gasteiger charge is 2.21. The molecule has 2 nitrogen and oxygen atoms in total. The van der Waals surface area contributed by atoms with E-state index in [1.807, 2.05) is 0 Å². The number of rotatable bonds is 2. The first-order chi connectivity index (χ1) is 19.8. The van der Waals surface area contributed by atoms with Crippen LogP contribution < -0.4 is 4.74 Å². The highest BCUT2D eigenvalue weighted by atomic mass is 16.5. The van der Waals surface area contributed by atoms with Gasteiger partial charge in [-0.3, -0.25) is 0 Å². The molecule has 2 heterocycles. The van der Waals surface area contributed by atoms with Crippen LogP contribution in [-0.4, -0.2) is 4.57 Å². The van der Waals surface area contributed by atoms with Gasteiger partial charge in [0, 0.05) is 27.4 Å². The Hall–Kier alpha value is -5.34. The van der Waals surface area contributed by atoms with Crippen LogP contribution in [0.1, 0.15) is 0 Å². The molecule has 8 aromatic rings. The fraction of sp³-hybridized carbons (Fsp3) is 0. The summed E-state index contributed by atoms with van der Waals surface area (Å²) in [6.45, 7) is 0. The molecule has 0 unspecified atom stereocenters. The minimum atomic E-state index is 0.907. The van der Waals surface area contributed by atoms with E-state index in [9.17, 15) is 0 Å². The molecule has 1 aromatic heterocycles. The quantitative estimate of drug-likeness (QED) is 0.226. The average Bonchev–Trinajstić information content (AvgIpc) is 3.36. The maximum atomic E-state index is 6.36. The van der Waals surface area contributed by atoms with Crippen LogP contribution in [0.25, 0.3) is 71.3 Å². The Morgan fingerprint density at radius 2 is 1.20 bits per heavy atom. The molecule has 186 valence electrons. The lowest BCUT2D eigenvalue weighted by Gasteiger charge is -2.22. The number of aromatic nitrogens is 1. The third-order valence-electron chi connectivity index (χ3n) is 8.36. The van der Waals surface area contributed by atoms with Gasteiger partial charge in [0.1, 0.15) is 11.5 Å². The number of nitrogens with zero attached hydrogens (tertiary/aromatic N) is 1. The summed E-state index contributed by atoms with van der Waals surface area (Å²) in [5.74, 6) is 1.83. The van der Waals surface area contributed by atoms with Crippen molar-refractivity contribution in [2.75, 3.05) is 0 Å². The minimum absolute atomic E-state index is 0.907. The normalized spacial score (nSPS) is 12.2. The van der Waals surface area contributed by atoms with Gasteiger partial charge in [0.15, 0.2) is 0 Å². The molecular weight excluding hydrogens is 486 g/mol. The number of benzene rings is 7. The first-order valence-corrected chi connectivity index (χ1v) is 13.7. The molecule has 9 rings (SSSR count). The molecule has 0 atom stereocenters.